The van der Waals surface area contributed by atoms with Crippen LogP contribution in [-0.4, -0.2) is 37.0 Å². The van der Waals surface area contributed by atoms with E-state index in [1.165, 1.54) is 44.6 Å². The monoisotopic (exact) mass is 384 g/mol. The van der Waals surface area contributed by atoms with Crippen molar-refractivity contribution in [1.82, 2.24) is 10.2 Å². The largest absolute Gasteiger partial charge is 0.497 e. The van der Waals surface area contributed by atoms with Gasteiger partial charge in [-0.05, 0) is 35.9 Å². The van der Waals surface area contributed by atoms with Crippen molar-refractivity contribution in [3.63, 3.8) is 0 Å². The molecule has 0 aliphatic carbocycles. The third kappa shape index (κ3) is 3.85. The number of nitrogens with one attached hydrogen (secondary N) is 1. The first kappa shape index (κ1) is 19.1. The van der Waals surface area contributed by atoms with Gasteiger partial charge in [-0.15, -0.1) is 0 Å². The fraction of sp³-hybridized carbons (Fsp3) is 0.150. The van der Waals surface area contributed by atoms with Crippen LogP contribution in [0.2, 0.25) is 0 Å². The first-order valence-corrected chi connectivity index (χ1v) is 8.28. The van der Waals surface area contributed by atoms with Gasteiger partial charge in [0.1, 0.15) is 22.9 Å². The standard InChI is InChI=1S/C20H17FN2O5/c1-27-15-8-5-13(17(10-15)28-2)9-16-18(24)22-20(26)23(19(16)25)11-12-3-6-14(21)7-4-12/h3-10H,11H2,1-2H3,(H,22,24,26). The van der Waals surface area contributed by atoms with Crippen LogP contribution in [0.3, 0.4) is 0 Å². The molecule has 4 amide bonds. The molecule has 0 bridgehead atoms. The summed E-state index contributed by atoms with van der Waals surface area (Å²) in [7, 11) is 2.95. The highest BCUT2D eigenvalue weighted by Gasteiger charge is 2.35. The zero-order valence-corrected chi connectivity index (χ0v) is 15.2. The van der Waals surface area contributed by atoms with Crippen molar-refractivity contribution in [2.75, 3.05) is 14.2 Å². The van der Waals surface area contributed by atoms with Crippen molar-refractivity contribution in [3.05, 3.63) is 65.0 Å². The molecule has 0 saturated carbocycles. The third-order valence-corrected chi connectivity index (χ3v) is 4.18. The van der Waals surface area contributed by atoms with Crippen LogP contribution in [0, 0.1) is 5.82 Å². The number of imide groups is 2. The topological polar surface area (TPSA) is 84.9 Å². The molecular formula is C20H17FN2O5. The quantitative estimate of drug-likeness (QED) is 0.633. The minimum atomic E-state index is -0.835. The van der Waals surface area contributed by atoms with Gasteiger partial charge in [0.25, 0.3) is 11.8 Å². The normalized spacial score (nSPS) is 15.6. The van der Waals surface area contributed by atoms with Crippen molar-refractivity contribution < 1.29 is 28.2 Å². The van der Waals surface area contributed by atoms with Crippen molar-refractivity contribution in [2.24, 2.45) is 0 Å². The Morgan fingerprint density at radius 2 is 1.75 bits per heavy atom. The minimum Gasteiger partial charge on any atom is -0.497 e. The maximum Gasteiger partial charge on any atom is 0.331 e. The van der Waals surface area contributed by atoms with Crippen molar-refractivity contribution in [2.45, 2.75) is 6.54 Å². The number of carbonyl (C=O) groups is 3. The lowest BCUT2D eigenvalue weighted by Crippen LogP contribution is -2.53. The summed E-state index contributed by atoms with van der Waals surface area (Å²) in [5, 5.41) is 2.14. The molecule has 0 radical (unpaired) electrons. The van der Waals surface area contributed by atoms with E-state index in [0.717, 1.165) is 4.90 Å². The van der Waals surface area contributed by atoms with E-state index in [1.54, 1.807) is 18.2 Å². The fourth-order valence-electron chi connectivity index (χ4n) is 2.70. The zero-order valence-electron chi connectivity index (χ0n) is 15.2. The summed E-state index contributed by atoms with van der Waals surface area (Å²) in [4.78, 5) is 38.0. The number of amides is 4. The second-order valence-electron chi connectivity index (χ2n) is 5.94. The van der Waals surface area contributed by atoms with Gasteiger partial charge in [0, 0.05) is 11.6 Å². The molecule has 7 nitrogen and oxygen atoms in total. The molecule has 3 rings (SSSR count). The Hall–Kier alpha value is -3.68. The number of carbonyl (C=O) groups excluding carboxylic acids is 3. The van der Waals surface area contributed by atoms with Crippen LogP contribution in [0.4, 0.5) is 9.18 Å². The molecular weight excluding hydrogens is 367 g/mol. The Bertz CT molecular complexity index is 969. The molecule has 144 valence electrons. The fourth-order valence-corrected chi connectivity index (χ4v) is 2.70. The number of barbiturate groups is 1. The van der Waals surface area contributed by atoms with E-state index in [-0.39, 0.29) is 12.1 Å². The molecule has 0 atom stereocenters. The van der Waals surface area contributed by atoms with Gasteiger partial charge in [-0.25, -0.2) is 9.18 Å². The molecule has 1 N–H and O–H groups in total. The number of benzene rings is 2. The number of hydrogen-bond acceptors (Lipinski definition) is 5. The highest BCUT2D eigenvalue weighted by atomic mass is 19.1. The van der Waals surface area contributed by atoms with Gasteiger partial charge in [0.15, 0.2) is 0 Å². The summed E-state index contributed by atoms with van der Waals surface area (Å²) >= 11 is 0. The summed E-state index contributed by atoms with van der Waals surface area (Å²) in [5.74, 6) is -1.04. The highest BCUT2D eigenvalue weighted by Crippen LogP contribution is 2.27. The number of hydrogen-bond donors (Lipinski definition) is 1. The van der Waals surface area contributed by atoms with E-state index >= 15 is 0 Å². The van der Waals surface area contributed by atoms with Crippen LogP contribution in [0.15, 0.2) is 48.0 Å². The highest BCUT2D eigenvalue weighted by molar-refractivity contribution is 6.31. The van der Waals surface area contributed by atoms with Crippen LogP contribution in [0.25, 0.3) is 6.08 Å². The summed E-state index contributed by atoms with van der Waals surface area (Å²) in [6.45, 7) is -0.102. The van der Waals surface area contributed by atoms with Gasteiger partial charge in [-0.3, -0.25) is 19.8 Å². The lowest BCUT2D eigenvalue weighted by Gasteiger charge is -2.26. The predicted octanol–water partition coefficient (Wildman–Crippen LogP) is 2.50. The summed E-state index contributed by atoms with van der Waals surface area (Å²) in [6, 6.07) is 9.44. The van der Waals surface area contributed by atoms with Crippen LogP contribution in [-0.2, 0) is 16.1 Å². The Morgan fingerprint density at radius 3 is 2.39 bits per heavy atom. The number of halogens is 1. The molecule has 1 aliphatic heterocycles. The van der Waals surface area contributed by atoms with Crippen molar-refractivity contribution in [1.29, 1.82) is 0 Å². The van der Waals surface area contributed by atoms with Gasteiger partial charge in [-0.2, -0.15) is 0 Å². The number of methoxy groups -OCH3 is 2. The molecule has 0 unspecified atom stereocenters. The molecule has 1 heterocycles. The SMILES string of the molecule is COc1ccc(C=C2C(=O)NC(=O)N(Cc3ccc(F)cc3)C2=O)c(OC)c1. The Labute approximate surface area is 160 Å². The Morgan fingerprint density at radius 1 is 1.04 bits per heavy atom. The van der Waals surface area contributed by atoms with Crippen LogP contribution < -0.4 is 14.8 Å². The first-order chi connectivity index (χ1) is 13.4. The number of nitrogens with zero attached hydrogens (tertiary/aromatic N) is 1. The van der Waals surface area contributed by atoms with E-state index in [4.69, 9.17) is 9.47 Å². The maximum absolute atomic E-state index is 13.1. The van der Waals surface area contributed by atoms with Gasteiger partial charge in [0.2, 0.25) is 0 Å². The molecule has 0 aromatic heterocycles. The van der Waals surface area contributed by atoms with E-state index in [1.807, 2.05) is 0 Å². The molecule has 0 spiro atoms. The molecule has 1 saturated heterocycles. The summed E-state index contributed by atoms with van der Waals surface area (Å²) < 4.78 is 23.5. The zero-order chi connectivity index (χ0) is 20.3. The molecule has 1 fully saturated rings. The van der Waals surface area contributed by atoms with E-state index in [0.29, 0.717) is 22.6 Å². The van der Waals surface area contributed by atoms with Gasteiger partial charge in [0.05, 0.1) is 20.8 Å². The minimum absolute atomic E-state index is 0.102. The molecule has 2 aromatic carbocycles. The van der Waals surface area contributed by atoms with Gasteiger partial charge >= 0.3 is 6.03 Å². The molecule has 1 aliphatic rings. The summed E-state index contributed by atoms with van der Waals surface area (Å²) in [5.41, 5.74) is 0.795. The molecule has 8 heteroatoms. The Balaban J connectivity index is 1.93. The maximum atomic E-state index is 13.1. The number of ether oxygens (including phenoxy) is 2. The Kier molecular flexibility index (Phi) is 5.39. The van der Waals surface area contributed by atoms with Gasteiger partial charge < -0.3 is 9.47 Å². The van der Waals surface area contributed by atoms with Crippen LogP contribution >= 0.6 is 0 Å². The van der Waals surface area contributed by atoms with E-state index in [9.17, 15) is 18.8 Å². The second-order valence-corrected chi connectivity index (χ2v) is 5.94. The van der Waals surface area contributed by atoms with Crippen LogP contribution in [0.5, 0.6) is 11.5 Å². The molecule has 2 aromatic rings. The van der Waals surface area contributed by atoms with Crippen molar-refractivity contribution >= 4 is 23.9 Å². The predicted molar refractivity (Wildman–Crippen MR) is 98.0 cm³/mol. The average Bonchev–Trinajstić information content (AvgIpc) is 2.69. The van der Waals surface area contributed by atoms with E-state index in [2.05, 4.69) is 5.32 Å². The summed E-state index contributed by atoms with van der Waals surface area (Å²) in [6.07, 6.45) is 1.35. The lowest BCUT2D eigenvalue weighted by molar-refractivity contribution is -0.130. The number of rotatable bonds is 5. The number of urea groups is 1. The molecule has 28 heavy (non-hydrogen) atoms. The third-order valence-electron chi connectivity index (χ3n) is 4.18. The van der Waals surface area contributed by atoms with E-state index < -0.39 is 23.7 Å². The second kappa shape index (κ2) is 7.91. The van der Waals surface area contributed by atoms with Crippen molar-refractivity contribution in [3.8, 4) is 11.5 Å². The first-order valence-electron chi connectivity index (χ1n) is 8.28. The van der Waals surface area contributed by atoms with Gasteiger partial charge in [-0.1, -0.05) is 12.1 Å². The lowest BCUT2D eigenvalue weighted by atomic mass is 10.1. The smallest absolute Gasteiger partial charge is 0.331 e. The van der Waals surface area contributed by atoms with Crippen LogP contribution in [0.1, 0.15) is 11.1 Å². The average molecular weight is 384 g/mol.